The summed E-state index contributed by atoms with van der Waals surface area (Å²) in [7, 11) is 1.59. The van der Waals surface area contributed by atoms with E-state index in [0.29, 0.717) is 5.82 Å². The van der Waals surface area contributed by atoms with Crippen LogP contribution in [0.5, 0.6) is 0 Å². The molecule has 0 atom stereocenters. The Morgan fingerprint density at radius 1 is 1.59 bits per heavy atom. The number of rotatable bonds is 4. The average molecular weight is 239 g/mol. The second-order valence-corrected chi connectivity index (χ2v) is 4.41. The first kappa shape index (κ1) is 13.3. The minimum Gasteiger partial charge on any atom is -0.389 e. The number of carbonyl (C=O) groups excluding carboxylic acids is 1. The normalized spacial score (nSPS) is 11.1. The monoisotopic (exact) mass is 239 g/mol. The van der Waals surface area contributed by atoms with Gasteiger partial charge in [-0.05, 0) is 13.8 Å². The van der Waals surface area contributed by atoms with Gasteiger partial charge in [0.1, 0.15) is 5.69 Å². The number of hydrazine groups is 1. The Morgan fingerprint density at radius 2 is 2.24 bits per heavy atom. The first-order valence-corrected chi connectivity index (χ1v) is 5.10. The largest absolute Gasteiger partial charge is 0.389 e. The summed E-state index contributed by atoms with van der Waals surface area (Å²) in [6.07, 6.45) is 2.76. The van der Waals surface area contributed by atoms with Crippen LogP contribution in [0.1, 0.15) is 24.3 Å². The van der Waals surface area contributed by atoms with Crippen LogP contribution in [0.3, 0.4) is 0 Å². The van der Waals surface area contributed by atoms with Crippen LogP contribution >= 0.6 is 0 Å². The SMILES string of the molecule is CN(CC(C)(C)O)C(=O)c1cncc(NN)n1. The standard InChI is InChI=1S/C10H17N5O2/c1-10(2,17)6-15(3)9(16)7-4-12-5-8(13-7)14-11/h4-5,17H,6,11H2,1-3H3,(H,13,14). The van der Waals surface area contributed by atoms with Crippen LogP contribution < -0.4 is 11.3 Å². The van der Waals surface area contributed by atoms with Gasteiger partial charge in [-0.1, -0.05) is 0 Å². The van der Waals surface area contributed by atoms with Gasteiger partial charge in [-0.25, -0.2) is 10.8 Å². The van der Waals surface area contributed by atoms with E-state index < -0.39 is 5.60 Å². The highest BCUT2D eigenvalue weighted by atomic mass is 16.3. The number of aliphatic hydroxyl groups is 1. The van der Waals surface area contributed by atoms with Crippen LogP contribution in [-0.4, -0.2) is 45.1 Å². The minimum absolute atomic E-state index is 0.173. The molecule has 1 aromatic heterocycles. The molecule has 0 radical (unpaired) electrons. The van der Waals surface area contributed by atoms with Crippen molar-refractivity contribution >= 4 is 11.7 Å². The van der Waals surface area contributed by atoms with Crippen molar-refractivity contribution in [1.29, 1.82) is 0 Å². The van der Waals surface area contributed by atoms with Gasteiger partial charge in [-0.2, -0.15) is 0 Å². The smallest absolute Gasteiger partial charge is 0.273 e. The predicted octanol–water partition coefficient (Wildman–Crippen LogP) is -0.395. The van der Waals surface area contributed by atoms with E-state index in [1.54, 1.807) is 20.9 Å². The first-order valence-electron chi connectivity index (χ1n) is 5.10. The second-order valence-electron chi connectivity index (χ2n) is 4.41. The molecule has 0 spiro atoms. The lowest BCUT2D eigenvalue weighted by Gasteiger charge is -2.25. The molecule has 1 heterocycles. The summed E-state index contributed by atoms with van der Waals surface area (Å²) >= 11 is 0. The van der Waals surface area contributed by atoms with Crippen LogP contribution in [0.25, 0.3) is 0 Å². The van der Waals surface area contributed by atoms with Gasteiger partial charge in [0.25, 0.3) is 5.91 Å². The number of aromatic nitrogens is 2. The third kappa shape index (κ3) is 3.97. The van der Waals surface area contributed by atoms with Gasteiger partial charge in [0.2, 0.25) is 0 Å². The molecule has 0 aliphatic heterocycles. The molecule has 0 saturated carbocycles. The Labute approximate surface area is 99.6 Å². The van der Waals surface area contributed by atoms with Gasteiger partial charge >= 0.3 is 0 Å². The number of hydrogen-bond acceptors (Lipinski definition) is 6. The van der Waals surface area contributed by atoms with Gasteiger partial charge in [-0.15, -0.1) is 0 Å². The number of nitrogens with two attached hydrogens (primary N) is 1. The van der Waals surface area contributed by atoms with Gasteiger partial charge in [0.05, 0.1) is 18.0 Å². The number of likely N-dealkylation sites (N-methyl/N-ethyl adjacent to an activating group) is 1. The van der Waals surface area contributed by atoms with E-state index in [4.69, 9.17) is 5.84 Å². The lowest BCUT2D eigenvalue weighted by Crippen LogP contribution is -2.40. The van der Waals surface area contributed by atoms with E-state index in [1.807, 2.05) is 0 Å². The van der Waals surface area contributed by atoms with E-state index in [2.05, 4.69) is 15.4 Å². The van der Waals surface area contributed by atoms with E-state index in [0.717, 1.165) is 0 Å². The number of hydrogen-bond donors (Lipinski definition) is 3. The molecule has 94 valence electrons. The molecule has 0 saturated heterocycles. The molecule has 7 nitrogen and oxygen atoms in total. The molecular formula is C10H17N5O2. The van der Waals surface area contributed by atoms with Gasteiger partial charge in [-0.3, -0.25) is 9.78 Å². The summed E-state index contributed by atoms with van der Waals surface area (Å²) in [6.45, 7) is 3.45. The van der Waals surface area contributed by atoms with E-state index >= 15 is 0 Å². The molecule has 0 aliphatic rings. The fourth-order valence-electron chi connectivity index (χ4n) is 1.39. The van der Waals surface area contributed by atoms with Crippen LogP contribution in [-0.2, 0) is 0 Å². The van der Waals surface area contributed by atoms with Crippen LogP contribution in [0.15, 0.2) is 12.4 Å². The summed E-state index contributed by atoms with van der Waals surface area (Å²) in [5.74, 6) is 5.17. The van der Waals surface area contributed by atoms with E-state index in [-0.39, 0.29) is 18.1 Å². The zero-order valence-corrected chi connectivity index (χ0v) is 10.1. The molecule has 17 heavy (non-hydrogen) atoms. The maximum absolute atomic E-state index is 11.9. The molecule has 0 aliphatic carbocycles. The topological polar surface area (TPSA) is 104 Å². The molecule has 7 heteroatoms. The molecule has 1 aromatic rings. The van der Waals surface area contributed by atoms with Crippen molar-refractivity contribution in [2.75, 3.05) is 19.0 Å². The molecule has 0 unspecified atom stereocenters. The third-order valence-corrected chi connectivity index (χ3v) is 1.97. The quantitative estimate of drug-likeness (QED) is 0.488. The highest BCUT2D eigenvalue weighted by Crippen LogP contribution is 2.07. The number of nitrogen functional groups attached to an aromatic ring is 1. The van der Waals surface area contributed by atoms with Crippen LogP contribution in [0.4, 0.5) is 5.82 Å². The zero-order chi connectivity index (χ0) is 13.1. The molecule has 4 N–H and O–H groups in total. The number of anilines is 1. The molecule has 0 fully saturated rings. The number of amides is 1. The maximum atomic E-state index is 11.9. The summed E-state index contributed by atoms with van der Waals surface area (Å²) < 4.78 is 0. The summed E-state index contributed by atoms with van der Waals surface area (Å²) in [5.41, 5.74) is 1.53. The molecule has 0 aromatic carbocycles. The molecule has 1 rings (SSSR count). The summed E-state index contributed by atoms with van der Waals surface area (Å²) in [5, 5.41) is 9.62. The lowest BCUT2D eigenvalue weighted by atomic mass is 10.1. The zero-order valence-electron chi connectivity index (χ0n) is 10.1. The Hall–Kier alpha value is -1.73. The van der Waals surface area contributed by atoms with Gasteiger partial charge in [0.15, 0.2) is 5.82 Å². The van der Waals surface area contributed by atoms with Crippen molar-refractivity contribution in [3.8, 4) is 0 Å². The number of nitrogens with one attached hydrogen (secondary N) is 1. The van der Waals surface area contributed by atoms with Gasteiger partial charge < -0.3 is 15.4 Å². The van der Waals surface area contributed by atoms with E-state index in [9.17, 15) is 9.90 Å². The highest BCUT2D eigenvalue weighted by Gasteiger charge is 2.21. The van der Waals surface area contributed by atoms with Gasteiger partial charge in [0, 0.05) is 13.6 Å². The van der Waals surface area contributed by atoms with Crippen molar-refractivity contribution in [2.24, 2.45) is 5.84 Å². The third-order valence-electron chi connectivity index (χ3n) is 1.97. The second kappa shape index (κ2) is 5.07. The van der Waals surface area contributed by atoms with Crippen molar-refractivity contribution in [3.63, 3.8) is 0 Å². The number of carbonyl (C=O) groups is 1. The molecule has 1 amide bonds. The van der Waals surface area contributed by atoms with Crippen LogP contribution in [0, 0.1) is 0 Å². The highest BCUT2D eigenvalue weighted by molar-refractivity contribution is 5.92. The Kier molecular flexibility index (Phi) is 3.97. The Morgan fingerprint density at radius 3 is 2.76 bits per heavy atom. The first-order chi connectivity index (χ1) is 7.83. The predicted molar refractivity (Wildman–Crippen MR) is 63.1 cm³/mol. The molecular weight excluding hydrogens is 222 g/mol. The lowest BCUT2D eigenvalue weighted by molar-refractivity contribution is 0.0364. The fraction of sp³-hybridized carbons (Fsp3) is 0.500. The summed E-state index contributed by atoms with van der Waals surface area (Å²) in [4.78, 5) is 21.1. The fourth-order valence-corrected chi connectivity index (χ4v) is 1.39. The maximum Gasteiger partial charge on any atom is 0.273 e. The molecule has 0 bridgehead atoms. The average Bonchev–Trinajstić information content (AvgIpc) is 2.26. The minimum atomic E-state index is -0.957. The van der Waals surface area contributed by atoms with Crippen molar-refractivity contribution < 1.29 is 9.90 Å². The van der Waals surface area contributed by atoms with Crippen LogP contribution in [0.2, 0.25) is 0 Å². The van der Waals surface area contributed by atoms with Crippen molar-refractivity contribution in [2.45, 2.75) is 19.4 Å². The summed E-state index contributed by atoms with van der Waals surface area (Å²) in [6, 6.07) is 0. The Bertz CT molecular complexity index is 402. The Balaban J connectivity index is 2.81. The number of nitrogens with zero attached hydrogens (tertiary/aromatic N) is 3. The van der Waals surface area contributed by atoms with Crippen molar-refractivity contribution in [1.82, 2.24) is 14.9 Å². The van der Waals surface area contributed by atoms with Crippen molar-refractivity contribution in [3.05, 3.63) is 18.1 Å². The van der Waals surface area contributed by atoms with E-state index in [1.165, 1.54) is 17.3 Å².